The van der Waals surface area contributed by atoms with Gasteiger partial charge in [0.2, 0.25) is 5.95 Å². The molecule has 0 radical (unpaired) electrons. The number of anilines is 1. The standard InChI is InChI=1S/C18H30N4O2/c1-13-10-14(2)20-16(19-13)21(6)11-15-8-7-9-22(12-15)17(23)24-18(3,4)5/h10,15H,7-9,11-12H2,1-6H3. The van der Waals surface area contributed by atoms with E-state index >= 15 is 0 Å². The van der Waals surface area contributed by atoms with Crippen molar-refractivity contribution in [1.82, 2.24) is 14.9 Å². The molecule has 0 bridgehead atoms. The Bertz CT molecular complexity index is 563. The SMILES string of the molecule is Cc1cc(C)nc(N(C)CC2CCCN(C(=O)OC(C)(C)C)C2)n1. The Morgan fingerprint density at radius 2 is 1.96 bits per heavy atom. The molecule has 1 saturated heterocycles. The summed E-state index contributed by atoms with van der Waals surface area (Å²) in [6, 6.07) is 1.97. The molecule has 6 heteroatoms. The van der Waals surface area contributed by atoms with Crippen molar-refractivity contribution in [2.75, 3.05) is 31.6 Å². The average molecular weight is 334 g/mol. The van der Waals surface area contributed by atoms with Crippen LogP contribution in [0.4, 0.5) is 10.7 Å². The highest BCUT2D eigenvalue weighted by molar-refractivity contribution is 5.68. The molecular formula is C18H30N4O2. The summed E-state index contributed by atoms with van der Waals surface area (Å²) in [6.07, 6.45) is 1.90. The van der Waals surface area contributed by atoms with Gasteiger partial charge in [-0.1, -0.05) is 0 Å². The maximum absolute atomic E-state index is 12.3. The first-order valence-corrected chi connectivity index (χ1v) is 8.65. The van der Waals surface area contributed by atoms with Crippen LogP contribution in [0.25, 0.3) is 0 Å². The number of carbonyl (C=O) groups is 1. The van der Waals surface area contributed by atoms with Gasteiger partial charge in [-0.25, -0.2) is 14.8 Å². The second-order valence-electron chi connectivity index (χ2n) is 7.77. The lowest BCUT2D eigenvalue weighted by molar-refractivity contribution is 0.0170. The molecule has 0 N–H and O–H groups in total. The molecule has 1 unspecified atom stereocenters. The van der Waals surface area contributed by atoms with Crippen LogP contribution in [0.1, 0.15) is 45.0 Å². The Balaban J connectivity index is 1.96. The Labute approximate surface area is 145 Å². The van der Waals surface area contributed by atoms with Gasteiger partial charge in [0.25, 0.3) is 0 Å². The van der Waals surface area contributed by atoms with Gasteiger partial charge in [0.05, 0.1) is 0 Å². The molecule has 1 fully saturated rings. The molecule has 0 aliphatic carbocycles. The van der Waals surface area contributed by atoms with E-state index in [1.54, 1.807) is 0 Å². The molecule has 1 atom stereocenters. The van der Waals surface area contributed by atoms with Crippen LogP contribution in [-0.4, -0.2) is 53.2 Å². The third-order valence-corrected chi connectivity index (χ3v) is 4.01. The minimum absolute atomic E-state index is 0.211. The van der Waals surface area contributed by atoms with Gasteiger partial charge in [-0.05, 0) is 59.4 Å². The third-order valence-electron chi connectivity index (χ3n) is 4.01. The van der Waals surface area contributed by atoms with E-state index in [-0.39, 0.29) is 6.09 Å². The first-order valence-electron chi connectivity index (χ1n) is 8.65. The number of likely N-dealkylation sites (tertiary alicyclic amines) is 1. The van der Waals surface area contributed by atoms with Gasteiger partial charge in [-0.3, -0.25) is 0 Å². The van der Waals surface area contributed by atoms with Crippen molar-refractivity contribution < 1.29 is 9.53 Å². The molecule has 1 aliphatic rings. The van der Waals surface area contributed by atoms with Gasteiger partial charge < -0.3 is 14.5 Å². The van der Waals surface area contributed by atoms with Gasteiger partial charge in [0.15, 0.2) is 0 Å². The molecule has 2 rings (SSSR count). The lowest BCUT2D eigenvalue weighted by Crippen LogP contribution is -2.45. The van der Waals surface area contributed by atoms with Gasteiger partial charge in [0.1, 0.15) is 5.60 Å². The second-order valence-corrected chi connectivity index (χ2v) is 7.77. The number of aryl methyl sites for hydroxylation is 2. The van der Waals surface area contributed by atoms with Crippen molar-refractivity contribution in [2.24, 2.45) is 5.92 Å². The summed E-state index contributed by atoms with van der Waals surface area (Å²) >= 11 is 0. The van der Waals surface area contributed by atoms with E-state index in [4.69, 9.17) is 4.74 Å². The number of aromatic nitrogens is 2. The first kappa shape index (κ1) is 18.5. The average Bonchev–Trinajstić information content (AvgIpc) is 2.44. The number of amides is 1. The number of hydrogen-bond donors (Lipinski definition) is 0. The van der Waals surface area contributed by atoms with Crippen molar-refractivity contribution in [3.05, 3.63) is 17.5 Å². The maximum atomic E-state index is 12.3. The van der Waals surface area contributed by atoms with Crippen molar-refractivity contribution >= 4 is 12.0 Å². The van der Waals surface area contributed by atoms with E-state index < -0.39 is 5.60 Å². The molecule has 0 aromatic carbocycles. The molecular weight excluding hydrogens is 304 g/mol. The third kappa shape index (κ3) is 5.35. The smallest absolute Gasteiger partial charge is 0.410 e. The normalized spacial score (nSPS) is 18.4. The largest absolute Gasteiger partial charge is 0.444 e. The first-order chi connectivity index (χ1) is 11.1. The minimum atomic E-state index is -0.451. The van der Waals surface area contributed by atoms with Crippen LogP contribution in [0.15, 0.2) is 6.07 Å². The quantitative estimate of drug-likeness (QED) is 0.850. The topological polar surface area (TPSA) is 58.6 Å². The van der Waals surface area contributed by atoms with Crippen LogP contribution in [0.5, 0.6) is 0 Å². The molecule has 0 saturated carbocycles. The zero-order valence-electron chi connectivity index (χ0n) is 15.8. The summed E-state index contributed by atoms with van der Waals surface area (Å²) in [6.45, 7) is 12.0. The molecule has 0 spiro atoms. The zero-order chi connectivity index (χ0) is 17.9. The van der Waals surface area contributed by atoms with Crippen LogP contribution in [-0.2, 0) is 4.74 Å². The number of hydrogen-bond acceptors (Lipinski definition) is 5. The van der Waals surface area contributed by atoms with E-state index in [9.17, 15) is 4.79 Å². The van der Waals surface area contributed by atoms with E-state index in [2.05, 4.69) is 14.9 Å². The molecule has 2 heterocycles. The van der Waals surface area contributed by atoms with Crippen LogP contribution in [0, 0.1) is 19.8 Å². The number of nitrogens with zero attached hydrogens (tertiary/aromatic N) is 4. The molecule has 1 aromatic heterocycles. The minimum Gasteiger partial charge on any atom is -0.444 e. The summed E-state index contributed by atoms with van der Waals surface area (Å²) in [5.74, 6) is 1.16. The highest BCUT2D eigenvalue weighted by atomic mass is 16.6. The molecule has 24 heavy (non-hydrogen) atoms. The van der Waals surface area contributed by atoms with E-state index in [0.717, 1.165) is 49.8 Å². The predicted molar refractivity (Wildman–Crippen MR) is 95.3 cm³/mol. The fraction of sp³-hybridized carbons (Fsp3) is 0.722. The Hall–Kier alpha value is -1.85. The Morgan fingerprint density at radius 1 is 1.33 bits per heavy atom. The zero-order valence-corrected chi connectivity index (χ0v) is 15.8. The maximum Gasteiger partial charge on any atom is 0.410 e. The predicted octanol–water partition coefficient (Wildman–Crippen LogP) is 3.18. The van der Waals surface area contributed by atoms with E-state index in [1.807, 2.05) is 52.6 Å². The van der Waals surface area contributed by atoms with Crippen LogP contribution < -0.4 is 4.90 Å². The lowest BCUT2D eigenvalue weighted by Gasteiger charge is -2.35. The fourth-order valence-electron chi connectivity index (χ4n) is 3.05. The molecule has 1 amide bonds. The monoisotopic (exact) mass is 334 g/mol. The lowest BCUT2D eigenvalue weighted by atomic mass is 9.98. The van der Waals surface area contributed by atoms with E-state index in [1.165, 1.54) is 0 Å². The molecule has 1 aromatic rings. The van der Waals surface area contributed by atoms with Crippen molar-refractivity contribution in [2.45, 2.75) is 53.1 Å². The summed E-state index contributed by atoms with van der Waals surface area (Å²) in [5.41, 5.74) is 1.50. The molecule has 6 nitrogen and oxygen atoms in total. The summed E-state index contributed by atoms with van der Waals surface area (Å²) in [5, 5.41) is 0. The Morgan fingerprint density at radius 3 is 2.54 bits per heavy atom. The van der Waals surface area contributed by atoms with E-state index in [0.29, 0.717) is 5.92 Å². The van der Waals surface area contributed by atoms with Gasteiger partial charge >= 0.3 is 6.09 Å². The van der Waals surface area contributed by atoms with Crippen LogP contribution >= 0.6 is 0 Å². The van der Waals surface area contributed by atoms with Crippen molar-refractivity contribution in [3.63, 3.8) is 0 Å². The van der Waals surface area contributed by atoms with Gasteiger partial charge in [-0.2, -0.15) is 0 Å². The van der Waals surface area contributed by atoms with Crippen molar-refractivity contribution in [1.29, 1.82) is 0 Å². The highest BCUT2D eigenvalue weighted by Crippen LogP contribution is 2.21. The second kappa shape index (κ2) is 7.36. The van der Waals surface area contributed by atoms with Gasteiger partial charge in [0, 0.05) is 38.1 Å². The summed E-state index contributed by atoms with van der Waals surface area (Å²) in [7, 11) is 2.01. The van der Waals surface area contributed by atoms with Crippen LogP contribution in [0.3, 0.4) is 0 Å². The Kier molecular flexibility index (Phi) is 5.67. The molecule has 1 aliphatic heterocycles. The van der Waals surface area contributed by atoms with Gasteiger partial charge in [-0.15, -0.1) is 0 Å². The number of ether oxygens (including phenoxy) is 1. The highest BCUT2D eigenvalue weighted by Gasteiger charge is 2.28. The number of piperidine rings is 1. The summed E-state index contributed by atoms with van der Waals surface area (Å²) < 4.78 is 5.50. The summed E-state index contributed by atoms with van der Waals surface area (Å²) in [4.78, 5) is 25.2. The molecule has 134 valence electrons. The van der Waals surface area contributed by atoms with Crippen molar-refractivity contribution in [3.8, 4) is 0 Å². The van der Waals surface area contributed by atoms with Crippen LogP contribution in [0.2, 0.25) is 0 Å². The number of rotatable bonds is 3. The number of carbonyl (C=O) groups excluding carboxylic acids is 1. The fourth-order valence-corrected chi connectivity index (χ4v) is 3.05.